The molecule has 0 atom stereocenters. The number of thiophene rings is 2. The zero-order chi connectivity index (χ0) is 61.1. The lowest BCUT2D eigenvalue weighted by Gasteiger charge is -2.46. The molecule has 444 valence electrons. The van der Waals surface area contributed by atoms with Crippen molar-refractivity contribution in [1.29, 1.82) is 0 Å². The molecular formula is C52H34BF24IO2S2. The summed E-state index contributed by atoms with van der Waals surface area (Å²) < 4.78 is 343. The Hall–Kier alpha value is -5.27. The maximum absolute atomic E-state index is 14.2. The number of carbonyl (C=O) groups is 2. The first-order valence-corrected chi connectivity index (χ1v) is 27.5. The molecule has 0 saturated heterocycles. The van der Waals surface area contributed by atoms with Crippen molar-refractivity contribution in [3.05, 3.63) is 157 Å². The van der Waals surface area contributed by atoms with Crippen molar-refractivity contribution in [3.63, 3.8) is 0 Å². The van der Waals surface area contributed by atoms with Crippen LogP contribution in [-0.4, -0.2) is 17.7 Å². The quantitative estimate of drug-likeness (QED) is 0.0593. The number of benzene rings is 4. The predicted molar refractivity (Wildman–Crippen MR) is 249 cm³/mol. The summed E-state index contributed by atoms with van der Waals surface area (Å²) >= 11 is 3.10. The van der Waals surface area contributed by atoms with Crippen molar-refractivity contribution in [2.24, 2.45) is 11.8 Å². The molecule has 0 radical (unpaired) electrons. The zero-order valence-electron chi connectivity index (χ0n) is 40.7. The zero-order valence-corrected chi connectivity index (χ0v) is 44.5. The van der Waals surface area contributed by atoms with E-state index in [1.807, 2.05) is 12.1 Å². The molecule has 0 N–H and O–H groups in total. The van der Waals surface area contributed by atoms with Crippen molar-refractivity contribution in [2.45, 2.75) is 101 Å². The van der Waals surface area contributed by atoms with Crippen LogP contribution in [0.1, 0.15) is 115 Å². The van der Waals surface area contributed by atoms with Crippen LogP contribution in [0.5, 0.6) is 0 Å². The van der Waals surface area contributed by atoms with Crippen molar-refractivity contribution in [1.82, 2.24) is 0 Å². The monoisotopic (exact) mass is 1350 g/mol. The van der Waals surface area contributed by atoms with E-state index in [0.717, 1.165) is 35.4 Å². The van der Waals surface area contributed by atoms with E-state index in [2.05, 4.69) is 12.1 Å². The van der Waals surface area contributed by atoms with E-state index in [4.69, 9.17) is 0 Å². The molecule has 0 spiro atoms. The van der Waals surface area contributed by atoms with Crippen molar-refractivity contribution in [2.75, 3.05) is 0 Å². The lowest BCUT2D eigenvalue weighted by atomic mass is 9.12. The van der Waals surface area contributed by atoms with Gasteiger partial charge in [0.25, 0.3) is 0 Å². The molecule has 0 unspecified atom stereocenters. The lowest BCUT2D eigenvalue weighted by molar-refractivity contribution is -0.585. The van der Waals surface area contributed by atoms with E-state index in [1.165, 1.54) is 31.5 Å². The number of hydrogen-bond acceptors (Lipinski definition) is 4. The number of rotatable bonds is 10. The molecule has 2 aliphatic carbocycles. The lowest BCUT2D eigenvalue weighted by Crippen LogP contribution is -3.61. The van der Waals surface area contributed by atoms with Crippen LogP contribution >= 0.6 is 22.7 Å². The second-order valence-corrected chi connectivity index (χ2v) is 25.7. The molecular weight excluding hydrogens is 1310 g/mol. The summed E-state index contributed by atoms with van der Waals surface area (Å²) in [5, 5.41) is 0. The van der Waals surface area contributed by atoms with E-state index in [9.17, 15) is 115 Å². The molecule has 2 fully saturated rings. The van der Waals surface area contributed by atoms with E-state index < -0.39 is 195 Å². The van der Waals surface area contributed by atoms with E-state index in [-0.39, 0.29) is 33.0 Å². The van der Waals surface area contributed by atoms with Gasteiger partial charge in [-0.15, -0.1) is 0 Å². The van der Waals surface area contributed by atoms with Gasteiger partial charge in [0.2, 0.25) is 5.77 Å². The first-order valence-electron chi connectivity index (χ1n) is 23.8. The van der Waals surface area contributed by atoms with Gasteiger partial charge in [-0.3, -0.25) is 9.59 Å². The topological polar surface area (TPSA) is 34.1 Å². The summed E-state index contributed by atoms with van der Waals surface area (Å²) in [5.74, 6) is 1.26. The fraction of sp³-hybridized carbons (Fsp3) is 0.346. The van der Waals surface area contributed by atoms with Gasteiger partial charge in [-0.05, 0) is 62.1 Å². The number of hydrogen-bond donors (Lipinski definition) is 0. The Balaban J connectivity index is 0.000000318. The van der Waals surface area contributed by atoms with Gasteiger partial charge in [-0.25, -0.2) is 0 Å². The SMILES string of the molecule is FC(F)(F)c1cc([B-](c2cc(C(F)(F)F)cc(C(F)(F)F)c2)(c2cc(C(F)(F)F)cc(C(F)(F)F)c2)c2cc(C(F)(F)F)cc(C(F)(F)F)c2)cc(C(F)(F)F)c1.O=C(c1ccc([I+]c2ccc(C(=O)C3CCCC3)s2)s1)C1CCCC1. The van der Waals surface area contributed by atoms with Gasteiger partial charge in [0.05, 0.1) is 54.3 Å². The maximum atomic E-state index is 14.2. The molecule has 0 bridgehead atoms. The molecule has 8 rings (SSSR count). The maximum Gasteiger partial charge on any atom is 0.416 e. The molecule has 0 aliphatic heterocycles. The molecule has 2 heterocycles. The van der Waals surface area contributed by atoms with Crippen LogP contribution < -0.4 is 43.1 Å². The largest absolute Gasteiger partial charge is 0.416 e. The average molecular weight is 1350 g/mol. The normalized spacial score (nSPS) is 15.7. The average Bonchev–Trinajstić information content (AvgIpc) is 4.33. The fourth-order valence-electron chi connectivity index (χ4n) is 9.94. The minimum atomic E-state index is -6.13. The minimum absolute atomic E-state index is 0.266. The number of alkyl halides is 24. The highest BCUT2D eigenvalue weighted by atomic mass is 127. The molecule has 2 saturated carbocycles. The van der Waals surface area contributed by atoms with Crippen LogP contribution in [0.3, 0.4) is 0 Å². The Morgan fingerprint density at radius 1 is 0.329 bits per heavy atom. The van der Waals surface area contributed by atoms with Gasteiger partial charge in [0.1, 0.15) is 6.15 Å². The minimum Gasteiger partial charge on any atom is -0.293 e. The number of halogens is 25. The first kappa shape index (κ1) is 64.3. The molecule has 4 aromatic carbocycles. The molecule has 82 heavy (non-hydrogen) atoms. The summed E-state index contributed by atoms with van der Waals surface area (Å²) in [6, 6.07) is -0.483. The molecule has 6 aromatic rings. The molecule has 2 aromatic heterocycles. The summed E-state index contributed by atoms with van der Waals surface area (Å²) in [5.41, 5.74) is -30.2. The molecule has 2 nitrogen and oxygen atoms in total. The number of Topliss-reactive ketones (excluding diaryl/α,β-unsaturated/α-hetero) is 2. The summed E-state index contributed by atoms with van der Waals surface area (Å²) in [7, 11) is 0. The Labute approximate surface area is 466 Å². The van der Waals surface area contributed by atoms with Crippen LogP contribution in [0.15, 0.2) is 97.1 Å². The highest BCUT2D eigenvalue weighted by molar-refractivity contribution is 7.20. The Kier molecular flexibility index (Phi) is 18.0. The Morgan fingerprint density at radius 3 is 0.707 bits per heavy atom. The highest BCUT2D eigenvalue weighted by Crippen LogP contribution is 2.42. The predicted octanol–water partition coefficient (Wildman–Crippen LogP) is 13.9. The van der Waals surface area contributed by atoms with E-state index >= 15 is 0 Å². The Morgan fingerprint density at radius 2 is 0.524 bits per heavy atom. The summed E-state index contributed by atoms with van der Waals surface area (Å²) in [4.78, 5) is 27.0. The first-order chi connectivity index (χ1) is 37.5. The third-order valence-electron chi connectivity index (χ3n) is 13.7. The number of carbonyl (C=O) groups excluding carboxylic acids is 2. The Bertz CT molecular complexity index is 2800. The van der Waals surface area contributed by atoms with Gasteiger partial charge in [-0.1, -0.05) is 96.9 Å². The smallest absolute Gasteiger partial charge is 0.293 e. The van der Waals surface area contributed by atoms with Crippen LogP contribution in [0.25, 0.3) is 0 Å². The molecule has 0 amide bonds. The highest BCUT2D eigenvalue weighted by Gasteiger charge is 2.47. The molecule has 2 aliphatic rings. The van der Waals surface area contributed by atoms with Crippen LogP contribution in [0, 0.1) is 17.6 Å². The third-order valence-corrected chi connectivity index (χ3v) is 19.6. The van der Waals surface area contributed by atoms with Crippen molar-refractivity contribution >= 4 is 62.2 Å². The summed E-state index contributed by atoms with van der Waals surface area (Å²) in [6.07, 6.45) is -45.7. The van der Waals surface area contributed by atoms with Gasteiger partial charge in [0, 0.05) is 24.0 Å². The van der Waals surface area contributed by atoms with Gasteiger partial charge >= 0.3 is 70.6 Å². The van der Waals surface area contributed by atoms with Crippen LogP contribution in [0.2, 0.25) is 0 Å². The second-order valence-electron chi connectivity index (χ2n) is 19.2. The number of ketones is 2. The van der Waals surface area contributed by atoms with E-state index in [0.29, 0.717) is 11.6 Å². The van der Waals surface area contributed by atoms with Crippen molar-refractivity contribution < 1.29 is 136 Å². The van der Waals surface area contributed by atoms with Gasteiger partial charge in [0.15, 0.2) is 11.6 Å². The van der Waals surface area contributed by atoms with Crippen molar-refractivity contribution in [3.8, 4) is 0 Å². The fourth-order valence-corrected chi connectivity index (χ4v) is 16.3. The van der Waals surface area contributed by atoms with E-state index in [1.54, 1.807) is 22.7 Å². The second kappa shape index (κ2) is 23.0. The summed E-state index contributed by atoms with van der Waals surface area (Å²) in [6.45, 7) is 0. The standard InChI is InChI=1S/C32H12BF24.C20H22IO2S2/c34-25(35,36)13-1-14(26(37,38)39)6-21(5-13)33(22-7-15(27(40,41)42)2-16(8-22)28(43,44)45,23-9-17(29(46,47)48)3-18(10-23)30(49,50)51)24-11-19(31(52,53)54)4-20(12-24)32(55,56)57;22-19(13-5-1-2-6-13)15-9-11-17(24-15)21-18-12-10-16(25-18)20(23)14-7-3-4-8-14/h1-12H;9-14H,1-8H2/q-1;+1. The third kappa shape index (κ3) is 14.6. The van der Waals surface area contributed by atoms with Gasteiger partial charge in [-0.2, -0.15) is 127 Å². The van der Waals surface area contributed by atoms with Gasteiger partial charge < -0.3 is 0 Å². The van der Waals surface area contributed by atoms with Crippen LogP contribution in [-0.2, 0) is 49.4 Å². The van der Waals surface area contributed by atoms with Crippen LogP contribution in [0.4, 0.5) is 105 Å². The molecule has 30 heteroatoms.